The molecule has 5 rings (SSSR count). The van der Waals surface area contributed by atoms with Gasteiger partial charge >= 0.3 is 0 Å². The Morgan fingerprint density at radius 2 is 1.89 bits per heavy atom. The minimum atomic E-state index is -0.191. The topological polar surface area (TPSA) is 95.9 Å². The molecule has 0 saturated carbocycles. The summed E-state index contributed by atoms with van der Waals surface area (Å²) in [7, 11) is 0. The maximum Gasteiger partial charge on any atom is 0.231 e. The number of halogens is 1. The van der Waals surface area contributed by atoms with Crippen LogP contribution in [0.15, 0.2) is 60.2 Å². The van der Waals surface area contributed by atoms with Gasteiger partial charge in [0.05, 0.1) is 21.4 Å². The molecule has 3 heterocycles. The minimum Gasteiger partial charge on any atom is -0.341 e. The summed E-state index contributed by atoms with van der Waals surface area (Å²) >= 11 is 7.91. The third-order valence-corrected chi connectivity index (χ3v) is 7.15. The molecule has 0 radical (unpaired) electrons. The van der Waals surface area contributed by atoms with E-state index < -0.39 is 0 Å². The number of benzene rings is 2. The zero-order valence-corrected chi connectivity index (χ0v) is 20.7. The second-order valence-electron chi connectivity index (χ2n) is 8.31. The molecule has 35 heavy (non-hydrogen) atoms. The maximum atomic E-state index is 11.4. The second-order valence-corrected chi connectivity index (χ2v) is 9.61. The average Bonchev–Trinajstić information content (AvgIpc) is 3.37. The van der Waals surface area contributed by atoms with Crippen molar-refractivity contribution in [1.29, 1.82) is 0 Å². The fourth-order valence-electron chi connectivity index (χ4n) is 4.06. The molecule has 0 spiro atoms. The highest BCUT2D eigenvalue weighted by atomic mass is 35.5. The molecule has 2 aromatic carbocycles. The summed E-state index contributed by atoms with van der Waals surface area (Å²) in [6, 6.07) is 15.6. The maximum absolute atomic E-state index is 11.4. The summed E-state index contributed by atoms with van der Waals surface area (Å²) in [6.45, 7) is 3.14. The molecule has 8 nitrogen and oxygen atoms in total. The SMILES string of the molecule is CC(=O)Nc1cc(Nc2ncnc(N3CCC(c4nc(-c5ccccc5)cs4)CC3)n2)ccc1Cl. The second kappa shape index (κ2) is 10.4. The molecule has 10 heteroatoms. The highest BCUT2D eigenvalue weighted by Crippen LogP contribution is 2.34. The van der Waals surface area contributed by atoms with E-state index in [0.717, 1.165) is 37.2 Å². The van der Waals surface area contributed by atoms with Crippen LogP contribution in [0.5, 0.6) is 0 Å². The third kappa shape index (κ3) is 5.58. The van der Waals surface area contributed by atoms with Crippen molar-refractivity contribution in [2.75, 3.05) is 28.6 Å². The third-order valence-electron chi connectivity index (χ3n) is 5.81. The van der Waals surface area contributed by atoms with Gasteiger partial charge in [0, 0.05) is 42.6 Å². The largest absolute Gasteiger partial charge is 0.341 e. The molecule has 4 aromatic rings. The number of carbonyl (C=O) groups excluding carboxylic acids is 1. The van der Waals surface area contributed by atoms with Gasteiger partial charge < -0.3 is 15.5 Å². The van der Waals surface area contributed by atoms with Crippen molar-refractivity contribution in [3.05, 3.63) is 70.3 Å². The zero-order chi connectivity index (χ0) is 24.2. The molecule has 2 N–H and O–H groups in total. The Balaban J connectivity index is 1.23. The quantitative estimate of drug-likeness (QED) is 0.345. The van der Waals surface area contributed by atoms with Crippen molar-refractivity contribution in [2.45, 2.75) is 25.7 Å². The van der Waals surface area contributed by atoms with Gasteiger partial charge in [-0.05, 0) is 31.0 Å². The van der Waals surface area contributed by atoms with Crippen LogP contribution in [0.3, 0.4) is 0 Å². The number of nitrogens with zero attached hydrogens (tertiary/aromatic N) is 5. The highest BCUT2D eigenvalue weighted by molar-refractivity contribution is 7.10. The fraction of sp³-hybridized carbons (Fsp3) is 0.240. The van der Waals surface area contributed by atoms with Crippen molar-refractivity contribution in [2.24, 2.45) is 0 Å². The van der Waals surface area contributed by atoms with E-state index in [1.807, 2.05) is 18.2 Å². The standard InChI is InChI=1S/C25H24ClN7OS/c1-16(34)29-21-13-19(7-8-20(21)26)30-24-27-15-28-25(32-24)33-11-9-18(10-12-33)23-31-22(14-35-23)17-5-3-2-4-6-17/h2-8,13-15,18H,9-12H2,1H3,(H,29,34)(H,27,28,30,32). The van der Waals surface area contributed by atoms with Gasteiger partial charge in [-0.1, -0.05) is 41.9 Å². The zero-order valence-electron chi connectivity index (χ0n) is 19.1. The first-order chi connectivity index (χ1) is 17.0. The number of thiazole rings is 1. The van der Waals surface area contributed by atoms with Gasteiger partial charge in [-0.15, -0.1) is 11.3 Å². The van der Waals surface area contributed by atoms with Crippen molar-refractivity contribution in [1.82, 2.24) is 19.9 Å². The average molecular weight is 506 g/mol. The molecule has 0 bridgehead atoms. The normalized spacial score (nSPS) is 14.1. The predicted molar refractivity (Wildman–Crippen MR) is 141 cm³/mol. The van der Waals surface area contributed by atoms with Crippen LogP contribution in [0.2, 0.25) is 5.02 Å². The summed E-state index contributed by atoms with van der Waals surface area (Å²) in [5, 5.41) is 9.69. The lowest BCUT2D eigenvalue weighted by Crippen LogP contribution is -2.34. The molecule has 1 amide bonds. The molecular formula is C25H24ClN7OS. The van der Waals surface area contributed by atoms with E-state index in [1.165, 1.54) is 18.3 Å². The van der Waals surface area contributed by atoms with Gasteiger partial charge in [0.1, 0.15) is 6.33 Å². The van der Waals surface area contributed by atoms with Gasteiger partial charge in [0.2, 0.25) is 17.8 Å². The molecule has 0 unspecified atom stereocenters. The number of hydrogen-bond donors (Lipinski definition) is 2. The lowest BCUT2D eigenvalue weighted by Gasteiger charge is -2.31. The Kier molecular flexibility index (Phi) is 6.87. The van der Waals surface area contributed by atoms with E-state index in [2.05, 4.69) is 48.0 Å². The monoisotopic (exact) mass is 505 g/mol. The van der Waals surface area contributed by atoms with Gasteiger partial charge in [-0.2, -0.15) is 4.98 Å². The number of piperidine rings is 1. The number of carbonyl (C=O) groups is 1. The first-order valence-electron chi connectivity index (χ1n) is 11.3. The molecule has 1 saturated heterocycles. The Hall–Kier alpha value is -3.56. The summed E-state index contributed by atoms with van der Waals surface area (Å²) in [5.74, 6) is 1.32. The van der Waals surface area contributed by atoms with Gasteiger partial charge in [0.25, 0.3) is 0 Å². The lowest BCUT2D eigenvalue weighted by atomic mass is 9.98. The van der Waals surface area contributed by atoms with Crippen LogP contribution in [0.4, 0.5) is 23.3 Å². The highest BCUT2D eigenvalue weighted by Gasteiger charge is 2.25. The minimum absolute atomic E-state index is 0.191. The summed E-state index contributed by atoms with van der Waals surface area (Å²) in [4.78, 5) is 31.7. The van der Waals surface area contributed by atoms with E-state index in [1.54, 1.807) is 29.5 Å². The number of rotatable bonds is 6. The van der Waals surface area contributed by atoms with Crippen LogP contribution in [-0.4, -0.2) is 38.9 Å². The first-order valence-corrected chi connectivity index (χ1v) is 12.6. The Labute approximate surface area is 212 Å². The van der Waals surface area contributed by atoms with E-state index in [0.29, 0.717) is 34.2 Å². The fourth-order valence-corrected chi connectivity index (χ4v) is 5.23. The van der Waals surface area contributed by atoms with Crippen LogP contribution in [0.25, 0.3) is 11.3 Å². The van der Waals surface area contributed by atoms with Crippen molar-refractivity contribution >= 4 is 52.1 Å². The smallest absolute Gasteiger partial charge is 0.231 e. The Bertz CT molecular complexity index is 1320. The van der Waals surface area contributed by atoms with Gasteiger partial charge in [-0.25, -0.2) is 15.0 Å². The molecule has 0 aliphatic carbocycles. The molecule has 178 valence electrons. The molecule has 1 aliphatic heterocycles. The Morgan fingerprint density at radius 3 is 2.66 bits per heavy atom. The number of amides is 1. The molecule has 2 aromatic heterocycles. The van der Waals surface area contributed by atoms with E-state index >= 15 is 0 Å². The van der Waals surface area contributed by atoms with Crippen LogP contribution in [-0.2, 0) is 4.79 Å². The van der Waals surface area contributed by atoms with Crippen LogP contribution in [0, 0.1) is 0 Å². The van der Waals surface area contributed by atoms with E-state index in [4.69, 9.17) is 16.6 Å². The molecular weight excluding hydrogens is 482 g/mol. The molecule has 1 fully saturated rings. The lowest BCUT2D eigenvalue weighted by molar-refractivity contribution is -0.114. The number of nitrogens with one attached hydrogen (secondary N) is 2. The van der Waals surface area contributed by atoms with Gasteiger partial charge in [0.15, 0.2) is 0 Å². The Morgan fingerprint density at radius 1 is 1.09 bits per heavy atom. The van der Waals surface area contributed by atoms with Crippen molar-refractivity contribution in [3.63, 3.8) is 0 Å². The van der Waals surface area contributed by atoms with E-state index in [9.17, 15) is 4.79 Å². The van der Waals surface area contributed by atoms with Crippen LogP contribution < -0.4 is 15.5 Å². The first kappa shape index (κ1) is 23.2. The number of aromatic nitrogens is 4. The molecule has 1 aliphatic rings. The van der Waals surface area contributed by atoms with Crippen LogP contribution >= 0.6 is 22.9 Å². The predicted octanol–water partition coefficient (Wildman–Crippen LogP) is 5.73. The number of hydrogen-bond acceptors (Lipinski definition) is 8. The van der Waals surface area contributed by atoms with Crippen molar-refractivity contribution in [3.8, 4) is 11.3 Å². The summed E-state index contributed by atoms with van der Waals surface area (Å²) < 4.78 is 0. The van der Waals surface area contributed by atoms with Crippen LogP contribution in [0.1, 0.15) is 30.7 Å². The van der Waals surface area contributed by atoms with E-state index in [-0.39, 0.29) is 5.91 Å². The molecule has 0 atom stereocenters. The van der Waals surface area contributed by atoms with Crippen molar-refractivity contribution < 1.29 is 4.79 Å². The summed E-state index contributed by atoms with van der Waals surface area (Å²) in [5.41, 5.74) is 3.44. The van der Waals surface area contributed by atoms with Gasteiger partial charge in [-0.3, -0.25) is 4.79 Å². The number of anilines is 4. The summed E-state index contributed by atoms with van der Waals surface area (Å²) in [6.07, 6.45) is 3.50.